The SMILES string of the molecule is OCc1ccc(-c2ccsc2-c2nnn(C(c3ccccc3)(c3ccccc3)c3ccccc3)n2)cc1. The lowest BCUT2D eigenvalue weighted by atomic mass is 9.77. The summed E-state index contributed by atoms with van der Waals surface area (Å²) < 4.78 is 0. The summed E-state index contributed by atoms with van der Waals surface area (Å²) in [5.74, 6) is 0.573. The minimum Gasteiger partial charge on any atom is -0.392 e. The Kier molecular flexibility index (Phi) is 6.18. The number of rotatable bonds is 7. The van der Waals surface area contributed by atoms with Gasteiger partial charge in [-0.3, -0.25) is 0 Å². The van der Waals surface area contributed by atoms with Gasteiger partial charge in [-0.05, 0) is 44.5 Å². The summed E-state index contributed by atoms with van der Waals surface area (Å²) in [6.45, 7) is 0.0210. The van der Waals surface area contributed by atoms with Crippen molar-refractivity contribution in [2.45, 2.75) is 12.1 Å². The first-order valence-corrected chi connectivity index (χ1v) is 12.9. The van der Waals surface area contributed by atoms with Crippen molar-refractivity contribution in [1.29, 1.82) is 0 Å². The van der Waals surface area contributed by atoms with E-state index in [-0.39, 0.29) is 6.61 Å². The monoisotopic (exact) mass is 500 g/mol. The summed E-state index contributed by atoms with van der Waals surface area (Å²) in [5, 5.41) is 25.8. The predicted molar refractivity (Wildman–Crippen MR) is 147 cm³/mol. The van der Waals surface area contributed by atoms with Gasteiger partial charge in [0, 0.05) is 5.56 Å². The largest absolute Gasteiger partial charge is 0.392 e. The Balaban J connectivity index is 1.55. The lowest BCUT2D eigenvalue weighted by molar-refractivity contribution is 0.282. The van der Waals surface area contributed by atoms with Crippen LogP contribution in [-0.4, -0.2) is 25.3 Å². The Morgan fingerprint density at radius 1 is 0.676 bits per heavy atom. The third-order valence-electron chi connectivity index (χ3n) is 6.60. The number of hydrogen-bond acceptors (Lipinski definition) is 5. The van der Waals surface area contributed by atoms with E-state index >= 15 is 0 Å². The molecule has 6 rings (SSSR count). The molecule has 0 aliphatic rings. The summed E-state index contributed by atoms with van der Waals surface area (Å²) in [7, 11) is 0. The number of hydrogen-bond donors (Lipinski definition) is 1. The number of aromatic nitrogens is 4. The molecule has 2 heterocycles. The zero-order valence-corrected chi connectivity index (χ0v) is 20.8. The number of tetrazole rings is 1. The lowest BCUT2D eigenvalue weighted by Gasteiger charge is -2.34. The third kappa shape index (κ3) is 4.06. The number of benzene rings is 4. The molecule has 0 saturated heterocycles. The molecule has 0 radical (unpaired) electrons. The number of aliphatic hydroxyl groups is 1. The quantitative estimate of drug-likeness (QED) is 0.258. The second kappa shape index (κ2) is 9.93. The minimum atomic E-state index is -0.810. The first-order valence-electron chi connectivity index (χ1n) is 12.1. The van der Waals surface area contributed by atoms with E-state index in [4.69, 9.17) is 5.10 Å². The maximum absolute atomic E-state index is 9.42. The maximum Gasteiger partial charge on any atom is 0.215 e. The van der Waals surface area contributed by atoms with E-state index in [2.05, 4.69) is 52.8 Å². The van der Waals surface area contributed by atoms with Gasteiger partial charge in [0.25, 0.3) is 0 Å². The van der Waals surface area contributed by atoms with Crippen LogP contribution in [0.15, 0.2) is 127 Å². The van der Waals surface area contributed by atoms with Gasteiger partial charge < -0.3 is 5.11 Å². The third-order valence-corrected chi connectivity index (χ3v) is 7.51. The average Bonchev–Trinajstić information content (AvgIpc) is 3.66. The molecular formula is C31H24N4OS. The Hall–Kier alpha value is -4.39. The summed E-state index contributed by atoms with van der Waals surface area (Å²) >= 11 is 1.59. The average molecular weight is 501 g/mol. The van der Waals surface area contributed by atoms with Gasteiger partial charge >= 0.3 is 0 Å². The Morgan fingerprint density at radius 2 is 1.22 bits per heavy atom. The molecule has 0 atom stereocenters. The second-order valence-corrected chi connectivity index (χ2v) is 9.65. The van der Waals surface area contributed by atoms with E-state index in [0.717, 1.165) is 38.3 Å². The van der Waals surface area contributed by atoms with Crippen molar-refractivity contribution in [3.05, 3.63) is 149 Å². The van der Waals surface area contributed by atoms with Gasteiger partial charge in [0.2, 0.25) is 5.82 Å². The van der Waals surface area contributed by atoms with Crippen LogP contribution in [0.1, 0.15) is 22.3 Å². The van der Waals surface area contributed by atoms with Gasteiger partial charge in [0.05, 0.1) is 11.5 Å². The van der Waals surface area contributed by atoms with Crippen molar-refractivity contribution in [2.24, 2.45) is 0 Å². The first-order chi connectivity index (χ1) is 18.3. The molecule has 0 amide bonds. The molecule has 0 saturated carbocycles. The zero-order chi connectivity index (χ0) is 25.1. The van der Waals surface area contributed by atoms with E-state index in [1.165, 1.54) is 0 Å². The smallest absolute Gasteiger partial charge is 0.215 e. The molecule has 0 fully saturated rings. The Bertz CT molecular complexity index is 1500. The van der Waals surface area contributed by atoms with Crippen molar-refractivity contribution >= 4 is 11.3 Å². The van der Waals surface area contributed by atoms with Gasteiger partial charge in [0.15, 0.2) is 5.54 Å². The van der Waals surface area contributed by atoms with Crippen LogP contribution < -0.4 is 0 Å². The summed E-state index contributed by atoms with van der Waals surface area (Å²) in [4.78, 5) is 2.70. The highest BCUT2D eigenvalue weighted by Crippen LogP contribution is 2.41. The molecule has 37 heavy (non-hydrogen) atoms. The fourth-order valence-electron chi connectivity index (χ4n) is 4.83. The Morgan fingerprint density at radius 3 is 1.73 bits per heavy atom. The van der Waals surface area contributed by atoms with Crippen molar-refractivity contribution in [2.75, 3.05) is 0 Å². The highest BCUT2D eigenvalue weighted by molar-refractivity contribution is 7.14. The highest BCUT2D eigenvalue weighted by Gasteiger charge is 2.41. The van der Waals surface area contributed by atoms with Crippen LogP contribution in [0.5, 0.6) is 0 Å². The van der Waals surface area contributed by atoms with E-state index in [9.17, 15) is 5.11 Å². The van der Waals surface area contributed by atoms with Gasteiger partial charge in [0.1, 0.15) is 0 Å². The molecule has 0 aliphatic carbocycles. The van der Waals surface area contributed by atoms with Crippen LogP contribution in [-0.2, 0) is 12.1 Å². The summed E-state index contributed by atoms with van der Waals surface area (Å²) in [5.41, 5.74) is 5.29. The molecule has 6 heteroatoms. The van der Waals surface area contributed by atoms with Gasteiger partial charge in [-0.2, -0.15) is 0 Å². The van der Waals surface area contributed by atoms with E-state index in [1.54, 1.807) is 16.1 Å². The van der Waals surface area contributed by atoms with E-state index in [1.807, 2.05) is 84.2 Å². The van der Waals surface area contributed by atoms with Crippen LogP contribution in [0.2, 0.25) is 0 Å². The normalized spacial score (nSPS) is 11.5. The van der Waals surface area contributed by atoms with Crippen LogP contribution in [0.4, 0.5) is 0 Å². The van der Waals surface area contributed by atoms with E-state index < -0.39 is 5.54 Å². The van der Waals surface area contributed by atoms with Crippen molar-refractivity contribution in [1.82, 2.24) is 20.2 Å². The molecule has 5 nitrogen and oxygen atoms in total. The van der Waals surface area contributed by atoms with Gasteiger partial charge in [-0.25, -0.2) is 0 Å². The van der Waals surface area contributed by atoms with Crippen LogP contribution in [0.25, 0.3) is 21.8 Å². The number of nitrogens with zero attached hydrogens (tertiary/aromatic N) is 4. The maximum atomic E-state index is 9.42. The van der Waals surface area contributed by atoms with E-state index in [0.29, 0.717) is 5.82 Å². The number of aliphatic hydroxyl groups excluding tert-OH is 1. The van der Waals surface area contributed by atoms with Crippen LogP contribution >= 0.6 is 11.3 Å². The Labute approximate surface area is 219 Å². The molecule has 4 aromatic carbocycles. The molecule has 180 valence electrons. The van der Waals surface area contributed by atoms with Crippen LogP contribution in [0.3, 0.4) is 0 Å². The molecule has 0 spiro atoms. The van der Waals surface area contributed by atoms with Gasteiger partial charge in [-0.1, -0.05) is 115 Å². The van der Waals surface area contributed by atoms with Crippen molar-refractivity contribution < 1.29 is 5.11 Å². The standard InChI is InChI=1S/C31H24N4OS/c36-22-23-16-18-24(19-17-23)28-20-21-37-29(28)30-32-34-35(33-30)31(25-10-4-1-5-11-25,26-12-6-2-7-13-26)27-14-8-3-9-15-27/h1-21,36H,22H2. The van der Waals surface area contributed by atoms with Gasteiger partial charge in [-0.15, -0.1) is 26.3 Å². The molecule has 1 N–H and O–H groups in total. The van der Waals surface area contributed by atoms with Crippen LogP contribution in [0, 0.1) is 0 Å². The van der Waals surface area contributed by atoms with Crippen molar-refractivity contribution in [3.8, 4) is 21.8 Å². The lowest BCUT2D eigenvalue weighted by Crippen LogP contribution is -2.39. The second-order valence-electron chi connectivity index (χ2n) is 8.73. The summed E-state index contributed by atoms with van der Waals surface area (Å²) in [6.07, 6.45) is 0. The predicted octanol–water partition coefficient (Wildman–Crippen LogP) is 6.40. The zero-order valence-electron chi connectivity index (χ0n) is 20.0. The highest BCUT2D eigenvalue weighted by atomic mass is 32.1. The molecule has 0 unspecified atom stereocenters. The first kappa shape index (κ1) is 23.0. The molecular weight excluding hydrogens is 476 g/mol. The molecule has 2 aromatic heterocycles. The number of thiophene rings is 1. The fourth-order valence-corrected chi connectivity index (χ4v) is 5.67. The fraction of sp³-hybridized carbons (Fsp3) is 0.0645. The topological polar surface area (TPSA) is 63.8 Å². The molecule has 6 aromatic rings. The molecule has 0 aliphatic heterocycles. The van der Waals surface area contributed by atoms with Crippen molar-refractivity contribution in [3.63, 3.8) is 0 Å². The summed E-state index contributed by atoms with van der Waals surface area (Å²) in [6, 6.07) is 41.0. The molecule has 0 bridgehead atoms. The minimum absolute atomic E-state index is 0.0210.